The Labute approximate surface area is 230 Å². The molecule has 0 aliphatic rings. The normalized spacial score (nSPS) is 12.0. The highest BCUT2D eigenvalue weighted by molar-refractivity contribution is 6.18. The molecule has 0 aliphatic heterocycles. The molecular formula is C38H24N2. The smallest absolute Gasteiger partial charge is 0.0547 e. The highest BCUT2D eigenvalue weighted by Crippen LogP contribution is 2.40. The molecule has 0 aliphatic carbocycles. The Balaban J connectivity index is 1.44. The van der Waals surface area contributed by atoms with Crippen LogP contribution in [-0.4, -0.2) is 9.13 Å². The predicted octanol–water partition coefficient (Wildman–Crippen LogP) is 10.2. The summed E-state index contributed by atoms with van der Waals surface area (Å²) in [4.78, 5) is 0. The number of hydrogen-bond acceptors (Lipinski definition) is 0. The van der Waals surface area contributed by atoms with Gasteiger partial charge in [-0.15, -0.1) is 0 Å². The molecule has 0 spiro atoms. The van der Waals surface area contributed by atoms with Gasteiger partial charge in [-0.2, -0.15) is 0 Å². The summed E-state index contributed by atoms with van der Waals surface area (Å²) >= 11 is 0. The third kappa shape index (κ3) is 2.93. The number of rotatable bonds is 2. The lowest BCUT2D eigenvalue weighted by atomic mass is 10.0. The maximum Gasteiger partial charge on any atom is 0.0547 e. The van der Waals surface area contributed by atoms with Crippen LogP contribution in [0.2, 0.25) is 0 Å². The first-order chi connectivity index (χ1) is 19.8. The number of nitrogens with zero attached hydrogens (tertiary/aromatic N) is 2. The number of hydrogen-bond donors (Lipinski definition) is 0. The number of fused-ring (bicyclic) bond motifs is 8. The van der Waals surface area contributed by atoms with E-state index in [4.69, 9.17) is 0 Å². The number of benzene rings is 7. The summed E-state index contributed by atoms with van der Waals surface area (Å²) < 4.78 is 4.85. The fourth-order valence-corrected chi connectivity index (χ4v) is 6.70. The van der Waals surface area contributed by atoms with Crippen molar-refractivity contribution in [3.05, 3.63) is 146 Å². The van der Waals surface area contributed by atoms with Crippen LogP contribution in [0.1, 0.15) is 0 Å². The average molecular weight is 509 g/mol. The first-order valence-corrected chi connectivity index (χ1v) is 13.8. The van der Waals surface area contributed by atoms with Gasteiger partial charge in [0.25, 0.3) is 0 Å². The Morgan fingerprint density at radius 3 is 1.55 bits per heavy atom. The second-order valence-corrected chi connectivity index (χ2v) is 10.6. The van der Waals surface area contributed by atoms with Gasteiger partial charge in [-0.3, -0.25) is 0 Å². The minimum atomic E-state index is 1.18. The van der Waals surface area contributed by atoms with Gasteiger partial charge >= 0.3 is 0 Å². The van der Waals surface area contributed by atoms with Crippen LogP contribution in [0.3, 0.4) is 0 Å². The first-order valence-electron chi connectivity index (χ1n) is 13.8. The molecule has 2 aromatic heterocycles. The van der Waals surface area contributed by atoms with E-state index in [9.17, 15) is 0 Å². The van der Waals surface area contributed by atoms with Crippen molar-refractivity contribution in [2.24, 2.45) is 0 Å². The van der Waals surface area contributed by atoms with Crippen molar-refractivity contribution >= 4 is 65.2 Å². The van der Waals surface area contributed by atoms with E-state index in [1.807, 2.05) is 0 Å². The molecule has 0 radical (unpaired) electrons. The maximum atomic E-state index is 2.45. The third-order valence-corrected chi connectivity index (χ3v) is 8.44. The summed E-state index contributed by atoms with van der Waals surface area (Å²) in [5.74, 6) is 0. The second kappa shape index (κ2) is 8.08. The topological polar surface area (TPSA) is 9.86 Å². The van der Waals surface area contributed by atoms with Gasteiger partial charge in [-0.05, 0) is 70.8 Å². The molecule has 0 saturated heterocycles. The monoisotopic (exact) mass is 508 g/mol. The zero-order valence-electron chi connectivity index (χ0n) is 21.8. The molecule has 0 amide bonds. The van der Waals surface area contributed by atoms with Crippen molar-refractivity contribution in [1.29, 1.82) is 0 Å². The van der Waals surface area contributed by atoms with Crippen LogP contribution >= 0.6 is 0 Å². The molecule has 0 N–H and O–H groups in total. The van der Waals surface area contributed by atoms with Gasteiger partial charge in [0.05, 0.1) is 27.8 Å². The Morgan fingerprint density at radius 1 is 0.300 bits per heavy atom. The van der Waals surface area contributed by atoms with E-state index in [0.717, 1.165) is 0 Å². The maximum absolute atomic E-state index is 2.45. The molecule has 186 valence electrons. The van der Waals surface area contributed by atoms with E-state index in [1.165, 1.54) is 76.5 Å². The van der Waals surface area contributed by atoms with Gasteiger partial charge in [-0.1, -0.05) is 91.0 Å². The van der Waals surface area contributed by atoms with Crippen LogP contribution in [0, 0.1) is 0 Å². The van der Waals surface area contributed by atoms with Crippen LogP contribution in [0.4, 0.5) is 0 Å². The minimum absolute atomic E-state index is 1.18. The lowest BCUT2D eigenvalue weighted by Crippen LogP contribution is -1.95. The van der Waals surface area contributed by atoms with Crippen molar-refractivity contribution in [3.63, 3.8) is 0 Å². The molecule has 2 heterocycles. The summed E-state index contributed by atoms with van der Waals surface area (Å²) in [6, 6.07) is 53.1. The molecule has 7 aromatic carbocycles. The van der Waals surface area contributed by atoms with Crippen molar-refractivity contribution in [2.75, 3.05) is 0 Å². The van der Waals surface area contributed by atoms with Crippen molar-refractivity contribution < 1.29 is 0 Å². The Morgan fingerprint density at radius 2 is 0.825 bits per heavy atom. The van der Waals surface area contributed by atoms with E-state index >= 15 is 0 Å². The zero-order valence-corrected chi connectivity index (χ0v) is 21.8. The molecule has 0 unspecified atom stereocenters. The fourth-order valence-electron chi connectivity index (χ4n) is 6.70. The Hall–Kier alpha value is -5.34. The molecule has 9 rings (SSSR count). The molecule has 0 fully saturated rings. The fraction of sp³-hybridized carbons (Fsp3) is 0. The van der Waals surface area contributed by atoms with Crippen molar-refractivity contribution in [3.8, 4) is 11.4 Å². The summed E-state index contributed by atoms with van der Waals surface area (Å²) in [5.41, 5.74) is 7.31. The van der Waals surface area contributed by atoms with E-state index in [0.29, 0.717) is 0 Å². The lowest BCUT2D eigenvalue weighted by molar-refractivity contribution is 1.18. The molecular weight excluding hydrogens is 484 g/mol. The SMILES string of the molecule is c1ccc(-n2c3ccccc3c3cc4cc5c6ccccc6n(-c6cccc7ccccc67)c5cc4cc32)cc1. The van der Waals surface area contributed by atoms with Crippen LogP contribution in [0.5, 0.6) is 0 Å². The van der Waals surface area contributed by atoms with Gasteiger partial charge in [0.15, 0.2) is 0 Å². The summed E-state index contributed by atoms with van der Waals surface area (Å²) in [5, 5.41) is 10.1. The van der Waals surface area contributed by atoms with Crippen LogP contribution in [-0.2, 0) is 0 Å². The van der Waals surface area contributed by atoms with Crippen LogP contribution < -0.4 is 0 Å². The van der Waals surface area contributed by atoms with Crippen LogP contribution in [0.15, 0.2) is 146 Å². The Bertz CT molecular complexity index is 2420. The molecule has 2 heteroatoms. The summed E-state index contributed by atoms with van der Waals surface area (Å²) in [6.45, 7) is 0. The highest BCUT2D eigenvalue weighted by Gasteiger charge is 2.17. The quantitative estimate of drug-likeness (QED) is 0.220. The van der Waals surface area contributed by atoms with E-state index in [-0.39, 0.29) is 0 Å². The molecule has 0 saturated carbocycles. The van der Waals surface area contributed by atoms with Gasteiger partial charge in [0, 0.05) is 32.6 Å². The first kappa shape index (κ1) is 21.6. The predicted molar refractivity (Wildman–Crippen MR) is 170 cm³/mol. The average Bonchev–Trinajstić information content (AvgIpc) is 3.51. The molecule has 0 atom stereocenters. The lowest BCUT2D eigenvalue weighted by Gasteiger charge is -2.12. The van der Waals surface area contributed by atoms with Gasteiger partial charge in [0.2, 0.25) is 0 Å². The van der Waals surface area contributed by atoms with E-state index in [1.54, 1.807) is 0 Å². The summed E-state index contributed by atoms with van der Waals surface area (Å²) in [7, 11) is 0. The largest absolute Gasteiger partial charge is 0.309 e. The van der Waals surface area contributed by atoms with Crippen molar-refractivity contribution in [1.82, 2.24) is 9.13 Å². The third-order valence-electron chi connectivity index (χ3n) is 8.44. The van der Waals surface area contributed by atoms with Gasteiger partial charge in [0.1, 0.15) is 0 Å². The minimum Gasteiger partial charge on any atom is -0.309 e. The van der Waals surface area contributed by atoms with E-state index in [2.05, 4.69) is 155 Å². The standard InChI is InChI=1S/C38H24N2/c1-2-13-28(14-3-1)39-35-18-8-6-16-30(35)32-21-26-22-33-31-17-7-9-19-36(31)40(38(33)24-27(26)23-37(32)39)34-20-10-12-25-11-4-5-15-29(25)34/h1-24H. The summed E-state index contributed by atoms with van der Waals surface area (Å²) in [6.07, 6.45) is 0. The second-order valence-electron chi connectivity index (χ2n) is 10.6. The molecule has 0 bridgehead atoms. The number of aromatic nitrogens is 2. The Kier molecular flexibility index (Phi) is 4.36. The van der Waals surface area contributed by atoms with Gasteiger partial charge < -0.3 is 9.13 Å². The molecule has 40 heavy (non-hydrogen) atoms. The van der Waals surface area contributed by atoms with Crippen molar-refractivity contribution in [2.45, 2.75) is 0 Å². The molecule has 2 nitrogen and oxygen atoms in total. The zero-order chi connectivity index (χ0) is 26.2. The molecule has 9 aromatic rings. The van der Waals surface area contributed by atoms with E-state index < -0.39 is 0 Å². The number of para-hydroxylation sites is 3. The highest BCUT2D eigenvalue weighted by atomic mass is 15.0. The van der Waals surface area contributed by atoms with Crippen LogP contribution in [0.25, 0.3) is 76.5 Å². The van der Waals surface area contributed by atoms with Gasteiger partial charge in [-0.25, -0.2) is 0 Å².